The van der Waals surface area contributed by atoms with Gasteiger partial charge in [-0.05, 0) is 31.7 Å². The maximum Gasteiger partial charge on any atom is 0.238 e. The smallest absolute Gasteiger partial charge is 0.238 e. The van der Waals surface area contributed by atoms with E-state index < -0.39 is 0 Å². The summed E-state index contributed by atoms with van der Waals surface area (Å²) < 4.78 is 5.25. The fourth-order valence-corrected chi connectivity index (χ4v) is 2.05. The van der Waals surface area contributed by atoms with Gasteiger partial charge in [0.05, 0.1) is 19.3 Å². The molecule has 0 aliphatic carbocycles. The largest absolute Gasteiger partial charge is 0.495 e. The molecular formula is C14H22ClN3O2. The zero-order valence-corrected chi connectivity index (χ0v) is 12.9. The molecule has 5 nitrogen and oxygen atoms in total. The van der Waals surface area contributed by atoms with Crippen molar-refractivity contribution in [2.24, 2.45) is 0 Å². The highest BCUT2D eigenvalue weighted by Crippen LogP contribution is 2.25. The molecule has 1 aliphatic rings. The van der Waals surface area contributed by atoms with Crippen LogP contribution in [-0.4, -0.2) is 50.6 Å². The predicted molar refractivity (Wildman–Crippen MR) is 82.9 cm³/mol. The molecule has 0 bridgehead atoms. The number of rotatable bonds is 5. The second-order valence-corrected chi connectivity index (χ2v) is 4.98. The van der Waals surface area contributed by atoms with Crippen molar-refractivity contribution in [3.8, 4) is 5.75 Å². The van der Waals surface area contributed by atoms with E-state index in [1.54, 1.807) is 7.11 Å². The van der Waals surface area contributed by atoms with E-state index in [9.17, 15) is 4.79 Å². The topological polar surface area (TPSA) is 53.6 Å². The fourth-order valence-electron chi connectivity index (χ4n) is 2.05. The van der Waals surface area contributed by atoms with Crippen LogP contribution in [0.3, 0.4) is 0 Å². The highest BCUT2D eigenvalue weighted by molar-refractivity contribution is 5.93. The van der Waals surface area contributed by atoms with Gasteiger partial charge in [-0.2, -0.15) is 0 Å². The van der Waals surface area contributed by atoms with E-state index in [0.29, 0.717) is 18.3 Å². The Kier molecular flexibility index (Phi) is 6.26. The molecule has 1 heterocycles. The third kappa shape index (κ3) is 4.10. The van der Waals surface area contributed by atoms with Crippen molar-refractivity contribution in [2.45, 2.75) is 13.0 Å². The van der Waals surface area contributed by atoms with Crippen LogP contribution in [-0.2, 0) is 4.79 Å². The lowest BCUT2D eigenvalue weighted by Gasteiger charge is -2.35. The third-order valence-corrected chi connectivity index (χ3v) is 3.41. The van der Waals surface area contributed by atoms with Crippen LogP contribution in [0.1, 0.15) is 5.56 Å². The molecule has 0 unspecified atom stereocenters. The summed E-state index contributed by atoms with van der Waals surface area (Å²) in [5.41, 5.74) is 1.82. The molecule has 0 aromatic heterocycles. The zero-order chi connectivity index (χ0) is 13.8. The molecule has 0 radical (unpaired) electrons. The van der Waals surface area contributed by atoms with Crippen molar-refractivity contribution in [1.82, 2.24) is 10.2 Å². The highest BCUT2D eigenvalue weighted by atomic mass is 35.5. The van der Waals surface area contributed by atoms with E-state index in [4.69, 9.17) is 4.74 Å². The van der Waals surface area contributed by atoms with Crippen molar-refractivity contribution in [3.63, 3.8) is 0 Å². The first-order chi connectivity index (χ1) is 9.10. The molecule has 20 heavy (non-hydrogen) atoms. The molecule has 1 aromatic carbocycles. The van der Waals surface area contributed by atoms with Crippen molar-refractivity contribution in [2.75, 3.05) is 39.1 Å². The Labute approximate surface area is 126 Å². The average Bonchev–Trinajstić information content (AvgIpc) is 2.26. The minimum absolute atomic E-state index is 0. The van der Waals surface area contributed by atoms with Crippen LogP contribution in [0.4, 0.5) is 5.69 Å². The van der Waals surface area contributed by atoms with Crippen molar-refractivity contribution < 1.29 is 9.53 Å². The molecule has 0 atom stereocenters. The number of anilines is 1. The van der Waals surface area contributed by atoms with Gasteiger partial charge in [0.15, 0.2) is 0 Å². The van der Waals surface area contributed by atoms with Gasteiger partial charge in [0.2, 0.25) is 5.91 Å². The minimum Gasteiger partial charge on any atom is -0.495 e. The van der Waals surface area contributed by atoms with Crippen LogP contribution in [0.5, 0.6) is 5.75 Å². The lowest BCUT2D eigenvalue weighted by Crippen LogP contribution is -2.57. The van der Waals surface area contributed by atoms with Gasteiger partial charge in [0.1, 0.15) is 5.75 Å². The maximum atomic E-state index is 12.0. The number of amides is 1. The van der Waals surface area contributed by atoms with Gasteiger partial charge in [0.25, 0.3) is 0 Å². The molecule has 1 amide bonds. The Hall–Kier alpha value is -1.30. The van der Waals surface area contributed by atoms with Gasteiger partial charge in [-0.3, -0.25) is 9.69 Å². The zero-order valence-electron chi connectivity index (χ0n) is 12.1. The molecule has 0 spiro atoms. The Balaban J connectivity index is 0.00000200. The third-order valence-electron chi connectivity index (χ3n) is 3.41. The first kappa shape index (κ1) is 16.8. The van der Waals surface area contributed by atoms with Crippen molar-refractivity contribution in [1.29, 1.82) is 0 Å². The van der Waals surface area contributed by atoms with Crippen LogP contribution in [0.25, 0.3) is 0 Å². The SMILES string of the molecule is COc1ccc(C)cc1NC(=O)CN(C)C1CNC1.Cl. The second-order valence-electron chi connectivity index (χ2n) is 4.98. The molecule has 2 N–H and O–H groups in total. The monoisotopic (exact) mass is 299 g/mol. The average molecular weight is 300 g/mol. The first-order valence-corrected chi connectivity index (χ1v) is 6.45. The van der Waals surface area contributed by atoms with Gasteiger partial charge in [-0.15, -0.1) is 12.4 Å². The number of carbonyl (C=O) groups is 1. The summed E-state index contributed by atoms with van der Waals surface area (Å²) in [5, 5.41) is 6.11. The summed E-state index contributed by atoms with van der Waals surface area (Å²) in [6, 6.07) is 6.21. The van der Waals surface area contributed by atoms with Gasteiger partial charge < -0.3 is 15.4 Å². The summed E-state index contributed by atoms with van der Waals surface area (Å²) >= 11 is 0. The summed E-state index contributed by atoms with van der Waals surface area (Å²) in [5.74, 6) is 0.671. The van der Waals surface area contributed by atoms with Gasteiger partial charge >= 0.3 is 0 Å². The number of ether oxygens (including phenoxy) is 1. The number of nitrogens with zero attached hydrogens (tertiary/aromatic N) is 1. The van der Waals surface area contributed by atoms with Crippen LogP contribution in [0.15, 0.2) is 18.2 Å². The first-order valence-electron chi connectivity index (χ1n) is 6.45. The molecule has 1 aliphatic heterocycles. The number of nitrogens with one attached hydrogen (secondary N) is 2. The number of aryl methyl sites for hydroxylation is 1. The molecule has 2 rings (SSSR count). The van der Waals surface area contributed by atoms with Crippen molar-refractivity contribution in [3.05, 3.63) is 23.8 Å². The van der Waals surface area contributed by atoms with Crippen LogP contribution in [0.2, 0.25) is 0 Å². The highest BCUT2D eigenvalue weighted by Gasteiger charge is 2.23. The van der Waals surface area contributed by atoms with Crippen LogP contribution < -0.4 is 15.4 Å². The Morgan fingerprint density at radius 1 is 1.50 bits per heavy atom. The number of methoxy groups -OCH3 is 1. The van der Waals surface area contributed by atoms with Crippen molar-refractivity contribution >= 4 is 24.0 Å². The van der Waals surface area contributed by atoms with E-state index in [1.165, 1.54) is 0 Å². The van der Waals surface area contributed by atoms with Crippen LogP contribution in [0, 0.1) is 6.92 Å². The van der Waals surface area contributed by atoms with E-state index in [0.717, 1.165) is 24.3 Å². The molecule has 112 valence electrons. The standard InChI is InChI=1S/C14H21N3O2.ClH/c1-10-4-5-13(19-3)12(6-10)16-14(18)9-17(2)11-7-15-8-11;/h4-6,11,15H,7-9H2,1-3H3,(H,16,18);1H. The lowest BCUT2D eigenvalue weighted by atomic mass is 10.1. The summed E-state index contributed by atoms with van der Waals surface area (Å²) in [7, 11) is 3.57. The summed E-state index contributed by atoms with van der Waals surface area (Å²) in [6.45, 7) is 4.29. The van der Waals surface area contributed by atoms with Gasteiger partial charge in [-0.1, -0.05) is 6.07 Å². The number of carbonyl (C=O) groups excluding carboxylic acids is 1. The van der Waals surface area contributed by atoms with E-state index >= 15 is 0 Å². The number of halogens is 1. The van der Waals surface area contributed by atoms with E-state index in [1.807, 2.05) is 32.2 Å². The Morgan fingerprint density at radius 3 is 2.75 bits per heavy atom. The Morgan fingerprint density at radius 2 is 2.20 bits per heavy atom. The normalized spacial score (nSPS) is 14.4. The second kappa shape index (κ2) is 7.47. The molecule has 1 fully saturated rings. The van der Waals surface area contributed by atoms with E-state index in [-0.39, 0.29) is 18.3 Å². The number of likely N-dealkylation sites (N-methyl/N-ethyl adjacent to an activating group) is 1. The molecule has 1 aromatic rings. The molecular weight excluding hydrogens is 278 g/mol. The number of benzene rings is 1. The van der Waals surface area contributed by atoms with Crippen LogP contribution >= 0.6 is 12.4 Å². The van der Waals surface area contributed by atoms with Gasteiger partial charge in [0, 0.05) is 19.1 Å². The summed E-state index contributed by atoms with van der Waals surface area (Å²) in [4.78, 5) is 14.1. The molecule has 6 heteroatoms. The molecule has 1 saturated heterocycles. The summed E-state index contributed by atoms with van der Waals surface area (Å²) in [6.07, 6.45) is 0. The number of hydrogen-bond acceptors (Lipinski definition) is 4. The lowest BCUT2D eigenvalue weighted by molar-refractivity contribution is -0.117. The van der Waals surface area contributed by atoms with E-state index in [2.05, 4.69) is 15.5 Å². The fraction of sp³-hybridized carbons (Fsp3) is 0.500. The maximum absolute atomic E-state index is 12.0. The Bertz CT molecular complexity index is 464. The number of hydrogen-bond donors (Lipinski definition) is 2. The minimum atomic E-state index is -0.0155. The predicted octanol–water partition coefficient (Wildman–Crippen LogP) is 1.27. The van der Waals surface area contributed by atoms with Gasteiger partial charge in [-0.25, -0.2) is 0 Å². The quantitative estimate of drug-likeness (QED) is 0.860. The molecule has 0 saturated carbocycles.